The summed E-state index contributed by atoms with van der Waals surface area (Å²) in [6, 6.07) is 15.3. The topological polar surface area (TPSA) is 102 Å². The Balaban J connectivity index is 1.93. The average molecular weight is 456 g/mol. The van der Waals surface area contributed by atoms with Crippen LogP contribution in [0.2, 0.25) is 0 Å². The van der Waals surface area contributed by atoms with E-state index in [1.165, 1.54) is 4.90 Å². The molecule has 8 heteroatoms. The zero-order valence-corrected chi connectivity index (χ0v) is 18.9. The Bertz CT molecular complexity index is 960. The van der Waals surface area contributed by atoms with Crippen molar-refractivity contribution in [1.29, 1.82) is 0 Å². The summed E-state index contributed by atoms with van der Waals surface area (Å²) >= 11 is 0. The van der Waals surface area contributed by atoms with E-state index < -0.39 is 29.5 Å². The van der Waals surface area contributed by atoms with E-state index in [9.17, 15) is 19.5 Å². The highest BCUT2D eigenvalue weighted by Gasteiger charge is 2.58. The van der Waals surface area contributed by atoms with Crippen molar-refractivity contribution < 1.29 is 33.7 Å². The summed E-state index contributed by atoms with van der Waals surface area (Å²) < 4.78 is 15.9. The van der Waals surface area contributed by atoms with E-state index in [1.807, 2.05) is 30.3 Å². The van der Waals surface area contributed by atoms with Crippen LogP contribution in [0.5, 0.6) is 5.75 Å². The number of nitrogens with zero attached hydrogens (tertiary/aromatic N) is 1. The summed E-state index contributed by atoms with van der Waals surface area (Å²) in [5.74, 6) is -1.49. The summed E-state index contributed by atoms with van der Waals surface area (Å²) in [5, 5.41) is 10.2. The smallest absolute Gasteiger partial charge is 0.410 e. The first-order valence-electron chi connectivity index (χ1n) is 10.9. The van der Waals surface area contributed by atoms with Gasteiger partial charge in [-0.25, -0.2) is 4.79 Å². The molecule has 0 saturated carbocycles. The van der Waals surface area contributed by atoms with E-state index in [2.05, 4.69) is 0 Å². The second-order valence-corrected chi connectivity index (χ2v) is 7.90. The molecule has 1 fully saturated rings. The molecule has 3 rings (SSSR count). The van der Waals surface area contributed by atoms with E-state index in [4.69, 9.17) is 14.2 Å². The Labute approximate surface area is 193 Å². The minimum atomic E-state index is -1.89. The number of hydrogen-bond donors (Lipinski definition) is 1. The third-order valence-electron chi connectivity index (χ3n) is 5.96. The van der Waals surface area contributed by atoms with Gasteiger partial charge in [-0.15, -0.1) is 0 Å². The van der Waals surface area contributed by atoms with Gasteiger partial charge in [-0.1, -0.05) is 42.5 Å². The Morgan fingerprint density at radius 3 is 2.33 bits per heavy atom. The van der Waals surface area contributed by atoms with Crippen LogP contribution in [0.1, 0.15) is 30.9 Å². The maximum absolute atomic E-state index is 13.1. The average Bonchev–Trinajstić information content (AvgIpc) is 2.83. The van der Waals surface area contributed by atoms with Crippen LogP contribution < -0.4 is 4.74 Å². The highest BCUT2D eigenvalue weighted by Crippen LogP contribution is 2.40. The van der Waals surface area contributed by atoms with Crippen molar-refractivity contribution in [3.63, 3.8) is 0 Å². The minimum Gasteiger partial charge on any atom is -0.497 e. The van der Waals surface area contributed by atoms with Crippen LogP contribution in [-0.2, 0) is 32.1 Å². The minimum absolute atomic E-state index is 0.0432. The molecule has 0 aromatic heterocycles. The molecule has 2 aromatic rings. The fourth-order valence-corrected chi connectivity index (χ4v) is 4.24. The van der Waals surface area contributed by atoms with E-state index in [-0.39, 0.29) is 32.6 Å². The number of carbonyl (C=O) groups excluding carboxylic acids is 2. The maximum Gasteiger partial charge on any atom is 0.410 e. The molecule has 8 nitrogen and oxygen atoms in total. The number of ether oxygens (including phenoxy) is 3. The summed E-state index contributed by atoms with van der Waals surface area (Å²) in [5.41, 5.74) is -0.317. The van der Waals surface area contributed by atoms with Crippen LogP contribution in [0.25, 0.3) is 0 Å². The number of amides is 1. The Kier molecular flexibility index (Phi) is 7.92. The third-order valence-corrected chi connectivity index (χ3v) is 5.96. The van der Waals surface area contributed by atoms with Gasteiger partial charge >= 0.3 is 18.0 Å². The van der Waals surface area contributed by atoms with Gasteiger partial charge in [0.25, 0.3) is 0 Å². The number of hydrogen-bond acceptors (Lipinski definition) is 6. The zero-order valence-electron chi connectivity index (χ0n) is 18.9. The fraction of sp³-hybridized carbons (Fsp3) is 0.400. The molecular weight excluding hydrogens is 426 g/mol. The largest absolute Gasteiger partial charge is 0.497 e. The second kappa shape index (κ2) is 10.8. The molecule has 0 bridgehead atoms. The van der Waals surface area contributed by atoms with Gasteiger partial charge in [0, 0.05) is 6.54 Å². The highest BCUT2D eigenvalue weighted by molar-refractivity contribution is 6.01. The Hall–Kier alpha value is -3.55. The Morgan fingerprint density at radius 2 is 1.73 bits per heavy atom. The van der Waals surface area contributed by atoms with Crippen LogP contribution in [0, 0.1) is 5.41 Å². The molecule has 176 valence electrons. The Morgan fingerprint density at radius 1 is 1.03 bits per heavy atom. The van der Waals surface area contributed by atoms with Gasteiger partial charge in [-0.2, -0.15) is 0 Å². The van der Waals surface area contributed by atoms with Gasteiger partial charge in [-0.05, 0) is 49.4 Å². The molecule has 2 aromatic carbocycles. The molecular formula is C25H29NO7. The first-order chi connectivity index (χ1) is 15.9. The molecule has 0 aliphatic carbocycles. The molecule has 1 saturated heterocycles. The molecule has 1 N–H and O–H groups in total. The first-order valence-corrected chi connectivity index (χ1v) is 10.9. The number of likely N-dealkylation sites (tertiary alicyclic amines) is 1. The summed E-state index contributed by atoms with van der Waals surface area (Å²) in [4.78, 5) is 40.0. The second-order valence-electron chi connectivity index (χ2n) is 7.90. The maximum atomic E-state index is 13.1. The van der Waals surface area contributed by atoms with E-state index in [1.54, 1.807) is 38.3 Å². The van der Waals surface area contributed by atoms with Crippen LogP contribution >= 0.6 is 0 Å². The molecule has 1 aliphatic rings. The fourth-order valence-electron chi connectivity index (χ4n) is 4.24. The summed E-state index contributed by atoms with van der Waals surface area (Å²) in [6.07, 6.45) is -0.100. The van der Waals surface area contributed by atoms with Gasteiger partial charge in [0.1, 0.15) is 12.4 Å². The number of methoxy groups -OCH3 is 1. The van der Waals surface area contributed by atoms with Gasteiger partial charge in [0.15, 0.2) is 5.41 Å². The van der Waals surface area contributed by atoms with Crippen molar-refractivity contribution in [3.8, 4) is 5.75 Å². The monoisotopic (exact) mass is 455 g/mol. The van der Waals surface area contributed by atoms with Gasteiger partial charge in [-0.3, -0.25) is 9.59 Å². The lowest BCUT2D eigenvalue weighted by Gasteiger charge is -2.45. The standard InChI is InChI=1S/C25H29NO7/c1-3-32-23(29)25(22(27)28)14-7-15-26(24(30)33-17-19-8-5-4-6-9-19)21(25)16-18-10-12-20(31-2)13-11-18/h4-6,8-13,21H,3,7,14-17H2,1-2H3,(H,27,28). The molecule has 33 heavy (non-hydrogen) atoms. The van der Waals surface area contributed by atoms with Crippen LogP contribution in [-0.4, -0.2) is 54.3 Å². The SMILES string of the molecule is CCOC(=O)C1(C(=O)O)CCCN(C(=O)OCc2ccccc2)C1Cc1ccc(OC)cc1. The predicted molar refractivity (Wildman–Crippen MR) is 120 cm³/mol. The number of carboxylic acids is 1. The van der Waals surface area contributed by atoms with Gasteiger partial charge < -0.3 is 24.2 Å². The summed E-state index contributed by atoms with van der Waals surface area (Å²) in [7, 11) is 1.55. The lowest BCUT2D eigenvalue weighted by Crippen LogP contribution is -2.62. The number of aliphatic carboxylic acids is 1. The van der Waals surface area contributed by atoms with E-state index in [0.717, 1.165) is 11.1 Å². The normalized spacial score (nSPS) is 20.1. The van der Waals surface area contributed by atoms with Crippen molar-refractivity contribution in [2.75, 3.05) is 20.3 Å². The number of carbonyl (C=O) groups is 3. The number of esters is 1. The number of piperidine rings is 1. The molecule has 0 spiro atoms. The summed E-state index contributed by atoms with van der Waals surface area (Å²) in [6.45, 7) is 2.00. The highest BCUT2D eigenvalue weighted by atomic mass is 16.6. The molecule has 1 aliphatic heterocycles. The lowest BCUT2D eigenvalue weighted by atomic mass is 9.70. The predicted octanol–water partition coefficient (Wildman–Crippen LogP) is 3.67. The van der Waals surface area contributed by atoms with E-state index in [0.29, 0.717) is 12.2 Å². The van der Waals surface area contributed by atoms with Crippen molar-refractivity contribution in [2.24, 2.45) is 5.41 Å². The third kappa shape index (κ3) is 5.27. The van der Waals surface area contributed by atoms with Gasteiger partial charge in [0.2, 0.25) is 0 Å². The van der Waals surface area contributed by atoms with Crippen LogP contribution in [0.4, 0.5) is 4.79 Å². The molecule has 1 amide bonds. The van der Waals surface area contributed by atoms with Crippen LogP contribution in [0.15, 0.2) is 54.6 Å². The number of benzene rings is 2. The van der Waals surface area contributed by atoms with Crippen molar-refractivity contribution >= 4 is 18.0 Å². The zero-order chi connectivity index (χ0) is 23.8. The van der Waals surface area contributed by atoms with Crippen molar-refractivity contribution in [2.45, 2.75) is 38.8 Å². The lowest BCUT2D eigenvalue weighted by molar-refractivity contribution is -0.177. The van der Waals surface area contributed by atoms with Crippen LogP contribution in [0.3, 0.4) is 0 Å². The number of carboxylic acid groups (broad SMARTS) is 1. The molecule has 0 radical (unpaired) electrons. The van der Waals surface area contributed by atoms with Crippen molar-refractivity contribution in [3.05, 3.63) is 65.7 Å². The van der Waals surface area contributed by atoms with E-state index >= 15 is 0 Å². The molecule has 1 heterocycles. The van der Waals surface area contributed by atoms with Gasteiger partial charge in [0.05, 0.1) is 19.8 Å². The molecule has 2 unspecified atom stereocenters. The first kappa shape index (κ1) is 24.1. The number of rotatable bonds is 8. The molecule has 2 atom stereocenters. The van der Waals surface area contributed by atoms with Crippen molar-refractivity contribution in [1.82, 2.24) is 4.90 Å². The quantitative estimate of drug-likeness (QED) is 0.479.